The molecule has 3 saturated carbocycles. The minimum Gasteiger partial charge on any atom is -0.396 e. The smallest absolute Gasteiger partial charge is 0.0443 e. The SMILES string of the molecule is OCCCN(CC1CC2CCC1C2)C1CCC1. The quantitative estimate of drug-likeness (QED) is 0.767. The van der Waals surface area contributed by atoms with Crippen LogP contribution in [-0.2, 0) is 0 Å². The summed E-state index contributed by atoms with van der Waals surface area (Å²) in [5.74, 6) is 3.12. The molecular weight excluding hydrogens is 210 g/mol. The van der Waals surface area contributed by atoms with Gasteiger partial charge in [0.25, 0.3) is 0 Å². The molecule has 0 radical (unpaired) electrons. The molecule has 0 aromatic rings. The van der Waals surface area contributed by atoms with Crippen LogP contribution in [0.25, 0.3) is 0 Å². The number of hydrogen-bond donors (Lipinski definition) is 1. The average Bonchev–Trinajstić information content (AvgIpc) is 2.85. The minimum atomic E-state index is 0.361. The molecule has 1 N–H and O–H groups in total. The van der Waals surface area contributed by atoms with Gasteiger partial charge < -0.3 is 10.0 Å². The molecule has 3 aliphatic carbocycles. The number of aliphatic hydroxyl groups excluding tert-OH is 1. The summed E-state index contributed by atoms with van der Waals surface area (Å²) >= 11 is 0. The standard InChI is InChI=1S/C15H27NO/c17-8-2-7-16(15-3-1-4-15)11-14-10-12-5-6-13(14)9-12/h12-15,17H,1-11H2. The van der Waals surface area contributed by atoms with Crippen molar-refractivity contribution in [2.45, 2.75) is 57.4 Å². The summed E-state index contributed by atoms with van der Waals surface area (Å²) in [5, 5.41) is 9.03. The fourth-order valence-corrected chi connectivity index (χ4v) is 4.35. The van der Waals surface area contributed by atoms with Crippen LogP contribution in [0.2, 0.25) is 0 Å². The van der Waals surface area contributed by atoms with Gasteiger partial charge in [-0.1, -0.05) is 12.8 Å². The Morgan fingerprint density at radius 2 is 1.94 bits per heavy atom. The average molecular weight is 237 g/mol. The van der Waals surface area contributed by atoms with Crippen molar-refractivity contribution in [3.63, 3.8) is 0 Å². The Morgan fingerprint density at radius 3 is 2.47 bits per heavy atom. The summed E-state index contributed by atoms with van der Waals surface area (Å²) in [5.41, 5.74) is 0. The highest BCUT2D eigenvalue weighted by atomic mass is 16.3. The van der Waals surface area contributed by atoms with Crippen LogP contribution in [0.3, 0.4) is 0 Å². The van der Waals surface area contributed by atoms with E-state index >= 15 is 0 Å². The minimum absolute atomic E-state index is 0.361. The summed E-state index contributed by atoms with van der Waals surface area (Å²) in [6.45, 7) is 2.83. The molecule has 0 aromatic carbocycles. The Morgan fingerprint density at radius 1 is 1.06 bits per heavy atom. The largest absolute Gasteiger partial charge is 0.396 e. The van der Waals surface area contributed by atoms with E-state index in [0.29, 0.717) is 6.61 Å². The predicted molar refractivity (Wildman–Crippen MR) is 69.9 cm³/mol. The number of aliphatic hydroxyl groups is 1. The second kappa shape index (κ2) is 5.27. The maximum absolute atomic E-state index is 9.03. The molecule has 3 atom stereocenters. The number of fused-ring (bicyclic) bond motifs is 2. The monoisotopic (exact) mass is 237 g/mol. The van der Waals surface area contributed by atoms with E-state index in [4.69, 9.17) is 5.11 Å². The Bertz CT molecular complexity index is 251. The third-order valence-electron chi connectivity index (χ3n) is 5.55. The first-order valence-electron chi connectivity index (χ1n) is 7.71. The molecule has 3 fully saturated rings. The van der Waals surface area contributed by atoms with E-state index in [2.05, 4.69) is 4.90 Å². The second-order valence-electron chi connectivity index (χ2n) is 6.59. The van der Waals surface area contributed by atoms with Crippen molar-refractivity contribution in [3.8, 4) is 0 Å². The molecule has 17 heavy (non-hydrogen) atoms. The zero-order valence-electron chi connectivity index (χ0n) is 11.0. The molecule has 0 saturated heterocycles. The zero-order valence-corrected chi connectivity index (χ0v) is 11.0. The fourth-order valence-electron chi connectivity index (χ4n) is 4.35. The van der Waals surface area contributed by atoms with Crippen molar-refractivity contribution in [1.82, 2.24) is 4.90 Å². The maximum atomic E-state index is 9.03. The van der Waals surface area contributed by atoms with Crippen molar-refractivity contribution >= 4 is 0 Å². The van der Waals surface area contributed by atoms with E-state index in [9.17, 15) is 0 Å². The van der Waals surface area contributed by atoms with Crippen LogP contribution in [0, 0.1) is 17.8 Å². The van der Waals surface area contributed by atoms with Crippen LogP contribution in [-0.4, -0.2) is 35.7 Å². The van der Waals surface area contributed by atoms with Gasteiger partial charge in [-0.05, 0) is 56.3 Å². The molecule has 0 heterocycles. The lowest BCUT2D eigenvalue weighted by molar-refractivity contribution is 0.0853. The summed E-state index contributed by atoms with van der Waals surface area (Å²) in [7, 11) is 0. The van der Waals surface area contributed by atoms with Gasteiger partial charge in [-0.25, -0.2) is 0 Å². The number of nitrogens with zero attached hydrogens (tertiary/aromatic N) is 1. The molecule has 3 rings (SSSR count). The van der Waals surface area contributed by atoms with E-state index in [1.165, 1.54) is 51.5 Å². The van der Waals surface area contributed by atoms with Gasteiger partial charge in [0.1, 0.15) is 0 Å². The molecule has 0 spiro atoms. The number of hydrogen-bond acceptors (Lipinski definition) is 2. The summed E-state index contributed by atoms with van der Waals surface area (Å²) in [4.78, 5) is 2.71. The van der Waals surface area contributed by atoms with Crippen LogP contribution in [0.4, 0.5) is 0 Å². The first kappa shape index (κ1) is 12.0. The van der Waals surface area contributed by atoms with Crippen LogP contribution in [0.5, 0.6) is 0 Å². The Balaban J connectivity index is 1.52. The first-order valence-corrected chi connectivity index (χ1v) is 7.71. The van der Waals surface area contributed by atoms with E-state index in [-0.39, 0.29) is 0 Å². The van der Waals surface area contributed by atoms with E-state index in [0.717, 1.165) is 36.8 Å². The van der Waals surface area contributed by atoms with Crippen LogP contribution < -0.4 is 0 Å². The molecule has 3 unspecified atom stereocenters. The molecule has 2 heteroatoms. The van der Waals surface area contributed by atoms with Gasteiger partial charge in [0.2, 0.25) is 0 Å². The van der Waals surface area contributed by atoms with Crippen molar-refractivity contribution in [2.75, 3.05) is 19.7 Å². The number of rotatable bonds is 6. The maximum Gasteiger partial charge on any atom is 0.0443 e. The van der Waals surface area contributed by atoms with Crippen molar-refractivity contribution < 1.29 is 5.11 Å². The fraction of sp³-hybridized carbons (Fsp3) is 1.00. The van der Waals surface area contributed by atoms with E-state index < -0.39 is 0 Å². The van der Waals surface area contributed by atoms with Crippen molar-refractivity contribution in [2.24, 2.45) is 17.8 Å². The first-order chi connectivity index (χ1) is 8.36. The lowest BCUT2D eigenvalue weighted by atomic mass is 9.85. The molecule has 0 amide bonds. The van der Waals surface area contributed by atoms with Crippen LogP contribution >= 0.6 is 0 Å². The summed E-state index contributed by atoms with van der Waals surface area (Å²) in [6, 6.07) is 0.862. The highest BCUT2D eigenvalue weighted by molar-refractivity contribution is 4.92. The Kier molecular flexibility index (Phi) is 3.72. The Labute approximate surface area is 105 Å². The molecule has 98 valence electrons. The van der Waals surface area contributed by atoms with E-state index in [1.807, 2.05) is 0 Å². The van der Waals surface area contributed by atoms with Gasteiger partial charge in [-0.2, -0.15) is 0 Å². The van der Waals surface area contributed by atoms with Gasteiger partial charge in [0.05, 0.1) is 0 Å². The predicted octanol–water partition coefficient (Wildman–Crippen LogP) is 2.66. The van der Waals surface area contributed by atoms with Crippen molar-refractivity contribution in [1.29, 1.82) is 0 Å². The van der Waals surface area contributed by atoms with Gasteiger partial charge in [0, 0.05) is 25.7 Å². The van der Waals surface area contributed by atoms with Crippen LogP contribution in [0.1, 0.15) is 51.4 Å². The summed E-state index contributed by atoms with van der Waals surface area (Å²) in [6.07, 6.45) is 11.3. The molecule has 3 aliphatic rings. The molecular formula is C15H27NO. The lowest BCUT2D eigenvalue weighted by Crippen LogP contribution is -2.44. The highest BCUT2D eigenvalue weighted by Gasteiger charge is 2.40. The van der Waals surface area contributed by atoms with Gasteiger partial charge >= 0.3 is 0 Å². The van der Waals surface area contributed by atoms with Gasteiger partial charge in [0.15, 0.2) is 0 Å². The van der Waals surface area contributed by atoms with E-state index in [1.54, 1.807) is 0 Å². The molecule has 2 bridgehead atoms. The topological polar surface area (TPSA) is 23.5 Å². The molecule has 0 aliphatic heterocycles. The molecule has 2 nitrogen and oxygen atoms in total. The van der Waals surface area contributed by atoms with Gasteiger partial charge in [-0.3, -0.25) is 0 Å². The normalized spacial score (nSPS) is 36.7. The zero-order chi connectivity index (χ0) is 11.7. The van der Waals surface area contributed by atoms with Gasteiger partial charge in [-0.15, -0.1) is 0 Å². The Hall–Kier alpha value is -0.0800. The summed E-state index contributed by atoms with van der Waals surface area (Å²) < 4.78 is 0. The highest BCUT2D eigenvalue weighted by Crippen LogP contribution is 2.48. The third kappa shape index (κ3) is 2.53. The second-order valence-corrected chi connectivity index (χ2v) is 6.59. The lowest BCUT2D eigenvalue weighted by Gasteiger charge is -2.40. The van der Waals surface area contributed by atoms with Crippen LogP contribution in [0.15, 0.2) is 0 Å². The molecule has 0 aromatic heterocycles. The van der Waals surface area contributed by atoms with Crippen molar-refractivity contribution in [3.05, 3.63) is 0 Å². The third-order valence-corrected chi connectivity index (χ3v) is 5.55.